The van der Waals surface area contributed by atoms with Crippen LogP contribution in [0.4, 0.5) is 5.69 Å². The van der Waals surface area contributed by atoms with E-state index in [1.54, 1.807) is 15.9 Å². The van der Waals surface area contributed by atoms with Crippen molar-refractivity contribution in [1.82, 2.24) is 4.90 Å². The van der Waals surface area contributed by atoms with E-state index in [1.165, 1.54) is 0 Å². The molecule has 0 spiro atoms. The third-order valence-corrected chi connectivity index (χ3v) is 5.08. The van der Waals surface area contributed by atoms with Crippen LogP contribution < -0.4 is 4.90 Å². The lowest BCUT2D eigenvalue weighted by Gasteiger charge is -2.41. The minimum Gasteiger partial charge on any atom is -0.309 e. The van der Waals surface area contributed by atoms with Gasteiger partial charge in [-0.2, -0.15) is 0 Å². The van der Waals surface area contributed by atoms with E-state index in [0.717, 1.165) is 11.1 Å². The van der Waals surface area contributed by atoms with Crippen LogP contribution >= 0.6 is 0 Å². The lowest BCUT2D eigenvalue weighted by molar-refractivity contribution is 0.0629. The van der Waals surface area contributed by atoms with E-state index in [0.29, 0.717) is 23.4 Å². The Morgan fingerprint density at radius 2 is 1.35 bits per heavy atom. The molecule has 0 fully saturated rings. The molecule has 0 radical (unpaired) electrons. The zero-order valence-corrected chi connectivity index (χ0v) is 14.0. The van der Waals surface area contributed by atoms with Crippen LogP contribution in [0.2, 0.25) is 0 Å². The van der Waals surface area contributed by atoms with Crippen molar-refractivity contribution in [2.75, 3.05) is 4.90 Å². The molecule has 26 heavy (non-hydrogen) atoms. The standard InChI is InChI=1S/C22H16N2O2/c25-21-18-12-6-7-13-19(18)24-20(16-10-4-5-11-17(16)22(24)26)23(21)14-15-8-2-1-3-9-15/h1-13,20H,14H2/t20-/m1/s1. The summed E-state index contributed by atoms with van der Waals surface area (Å²) in [5, 5.41) is 0. The molecule has 4 heteroatoms. The third-order valence-electron chi connectivity index (χ3n) is 5.08. The van der Waals surface area contributed by atoms with E-state index in [1.807, 2.05) is 72.8 Å². The van der Waals surface area contributed by atoms with Gasteiger partial charge in [0.1, 0.15) is 6.17 Å². The number of rotatable bonds is 2. The van der Waals surface area contributed by atoms with Crippen molar-refractivity contribution in [1.29, 1.82) is 0 Å². The molecule has 2 aliphatic heterocycles. The molecule has 4 nitrogen and oxygen atoms in total. The van der Waals surface area contributed by atoms with Gasteiger partial charge in [-0.15, -0.1) is 0 Å². The van der Waals surface area contributed by atoms with Gasteiger partial charge in [-0.1, -0.05) is 60.7 Å². The normalized spacial score (nSPS) is 17.8. The van der Waals surface area contributed by atoms with Crippen molar-refractivity contribution in [3.8, 4) is 0 Å². The molecule has 3 aromatic carbocycles. The topological polar surface area (TPSA) is 40.6 Å². The molecule has 3 aromatic rings. The van der Waals surface area contributed by atoms with E-state index >= 15 is 0 Å². The van der Waals surface area contributed by atoms with Gasteiger partial charge in [0.05, 0.1) is 11.3 Å². The molecule has 0 N–H and O–H groups in total. The van der Waals surface area contributed by atoms with E-state index in [-0.39, 0.29) is 11.8 Å². The Bertz CT molecular complexity index is 1030. The SMILES string of the molecule is O=C1c2ccccc2N2C(=O)c3ccccc3[C@@H]2N1Cc1ccccc1. The lowest BCUT2D eigenvalue weighted by atomic mass is 10.0. The summed E-state index contributed by atoms with van der Waals surface area (Å²) < 4.78 is 0. The second-order valence-corrected chi connectivity index (χ2v) is 6.57. The predicted molar refractivity (Wildman–Crippen MR) is 98.8 cm³/mol. The number of carbonyl (C=O) groups is 2. The van der Waals surface area contributed by atoms with Crippen LogP contribution in [0.3, 0.4) is 0 Å². The van der Waals surface area contributed by atoms with Crippen molar-refractivity contribution >= 4 is 17.5 Å². The lowest BCUT2D eigenvalue weighted by Crippen LogP contribution is -2.47. The maximum atomic E-state index is 13.3. The van der Waals surface area contributed by atoms with Crippen molar-refractivity contribution in [2.45, 2.75) is 12.7 Å². The highest BCUT2D eigenvalue weighted by atomic mass is 16.2. The summed E-state index contributed by atoms with van der Waals surface area (Å²) in [5.41, 5.74) is 3.85. The summed E-state index contributed by atoms with van der Waals surface area (Å²) >= 11 is 0. The second-order valence-electron chi connectivity index (χ2n) is 6.57. The molecule has 0 aliphatic carbocycles. The smallest absolute Gasteiger partial charge is 0.260 e. The molecule has 0 aromatic heterocycles. The molecule has 0 saturated heterocycles. The number of amides is 2. The Balaban J connectivity index is 1.70. The summed E-state index contributed by atoms with van der Waals surface area (Å²) in [5.74, 6) is -0.0983. The van der Waals surface area contributed by atoms with Gasteiger partial charge in [-0.25, -0.2) is 0 Å². The monoisotopic (exact) mass is 340 g/mol. The molecular formula is C22H16N2O2. The number of carbonyl (C=O) groups excluding carboxylic acids is 2. The zero-order valence-electron chi connectivity index (χ0n) is 14.0. The number of anilines is 1. The van der Waals surface area contributed by atoms with E-state index in [4.69, 9.17) is 0 Å². The second kappa shape index (κ2) is 5.56. The molecule has 2 amide bonds. The zero-order chi connectivity index (χ0) is 17.7. The summed E-state index contributed by atoms with van der Waals surface area (Å²) in [6.45, 7) is 0.455. The highest BCUT2D eigenvalue weighted by Crippen LogP contribution is 2.45. The van der Waals surface area contributed by atoms with Crippen LogP contribution in [0.15, 0.2) is 78.9 Å². The Labute approximate surface area is 151 Å². The van der Waals surface area contributed by atoms with Gasteiger partial charge in [0.15, 0.2) is 0 Å². The fourth-order valence-corrected chi connectivity index (χ4v) is 3.91. The molecule has 1 atom stereocenters. The van der Waals surface area contributed by atoms with Crippen LogP contribution in [0.25, 0.3) is 0 Å². The molecule has 2 heterocycles. The first kappa shape index (κ1) is 14.9. The summed E-state index contributed by atoms with van der Waals surface area (Å²) in [4.78, 5) is 29.9. The number of benzene rings is 3. The average molecular weight is 340 g/mol. The summed E-state index contributed by atoms with van der Waals surface area (Å²) in [6, 6.07) is 24.8. The van der Waals surface area contributed by atoms with E-state index < -0.39 is 6.17 Å². The van der Waals surface area contributed by atoms with E-state index in [9.17, 15) is 9.59 Å². The fourth-order valence-electron chi connectivity index (χ4n) is 3.91. The Kier molecular flexibility index (Phi) is 3.19. The number of fused-ring (bicyclic) bond motifs is 5. The van der Waals surface area contributed by atoms with Crippen LogP contribution in [0.1, 0.15) is 38.0 Å². The number of hydrogen-bond acceptors (Lipinski definition) is 2. The van der Waals surface area contributed by atoms with Crippen LogP contribution in [-0.2, 0) is 6.54 Å². The quantitative estimate of drug-likeness (QED) is 0.707. The molecule has 0 bridgehead atoms. The third kappa shape index (κ3) is 2.02. The van der Waals surface area contributed by atoms with Gasteiger partial charge < -0.3 is 4.90 Å². The first-order chi connectivity index (χ1) is 12.8. The fraction of sp³-hybridized carbons (Fsp3) is 0.0909. The number of para-hydroxylation sites is 1. The van der Waals surface area contributed by atoms with Gasteiger partial charge in [-0.3, -0.25) is 14.5 Å². The molecule has 126 valence electrons. The molecule has 0 unspecified atom stereocenters. The largest absolute Gasteiger partial charge is 0.309 e. The number of nitrogens with zero attached hydrogens (tertiary/aromatic N) is 2. The average Bonchev–Trinajstić information content (AvgIpc) is 2.99. The Morgan fingerprint density at radius 3 is 2.15 bits per heavy atom. The maximum absolute atomic E-state index is 13.3. The molecule has 5 rings (SSSR count). The van der Waals surface area contributed by atoms with E-state index in [2.05, 4.69) is 0 Å². The van der Waals surface area contributed by atoms with Gasteiger partial charge >= 0.3 is 0 Å². The highest BCUT2D eigenvalue weighted by molar-refractivity contribution is 6.16. The van der Waals surface area contributed by atoms with Crippen molar-refractivity contribution in [3.05, 3.63) is 101 Å². The molecular weight excluding hydrogens is 324 g/mol. The van der Waals surface area contributed by atoms with Crippen molar-refractivity contribution < 1.29 is 9.59 Å². The van der Waals surface area contributed by atoms with Crippen molar-refractivity contribution in [2.24, 2.45) is 0 Å². The summed E-state index contributed by atoms with van der Waals surface area (Å²) in [7, 11) is 0. The first-order valence-corrected chi connectivity index (χ1v) is 8.62. The Hall–Kier alpha value is -3.40. The maximum Gasteiger partial charge on any atom is 0.260 e. The number of hydrogen-bond donors (Lipinski definition) is 0. The molecule has 0 saturated carbocycles. The van der Waals surface area contributed by atoms with Crippen LogP contribution in [-0.4, -0.2) is 16.7 Å². The van der Waals surface area contributed by atoms with Crippen molar-refractivity contribution in [3.63, 3.8) is 0 Å². The van der Waals surface area contributed by atoms with Gasteiger partial charge in [-0.05, 0) is 23.8 Å². The summed E-state index contributed by atoms with van der Waals surface area (Å²) in [6.07, 6.45) is -0.402. The van der Waals surface area contributed by atoms with Crippen LogP contribution in [0.5, 0.6) is 0 Å². The minimum atomic E-state index is -0.402. The minimum absolute atomic E-state index is 0.0461. The van der Waals surface area contributed by atoms with Gasteiger partial charge in [0.25, 0.3) is 11.8 Å². The first-order valence-electron chi connectivity index (χ1n) is 8.62. The van der Waals surface area contributed by atoms with Crippen LogP contribution in [0, 0.1) is 0 Å². The highest BCUT2D eigenvalue weighted by Gasteiger charge is 2.47. The van der Waals surface area contributed by atoms with Gasteiger partial charge in [0, 0.05) is 17.7 Å². The van der Waals surface area contributed by atoms with Gasteiger partial charge in [0.2, 0.25) is 0 Å². The predicted octanol–water partition coefficient (Wildman–Crippen LogP) is 4.00. The molecule has 2 aliphatic rings. The Morgan fingerprint density at radius 1 is 0.692 bits per heavy atom.